The predicted octanol–water partition coefficient (Wildman–Crippen LogP) is 3.53. The molecule has 0 bridgehead atoms. The van der Waals surface area contributed by atoms with Gasteiger partial charge in [0.05, 0.1) is 12.8 Å². The molecule has 0 spiro atoms. The highest BCUT2D eigenvalue weighted by atomic mass is 16.5. The Morgan fingerprint density at radius 2 is 1.95 bits per heavy atom. The number of hydrogen-bond donors (Lipinski definition) is 1. The van der Waals surface area contributed by atoms with Crippen LogP contribution in [0.1, 0.15) is 19.5 Å². The van der Waals surface area contributed by atoms with Gasteiger partial charge in [-0.25, -0.2) is 4.98 Å². The fourth-order valence-corrected chi connectivity index (χ4v) is 2.49. The van der Waals surface area contributed by atoms with Crippen molar-refractivity contribution in [1.82, 2.24) is 14.6 Å². The van der Waals surface area contributed by atoms with E-state index in [9.17, 15) is 0 Å². The number of anilines is 1. The van der Waals surface area contributed by atoms with Gasteiger partial charge in [0, 0.05) is 29.4 Å². The first kappa shape index (κ1) is 14.4. The lowest BCUT2D eigenvalue weighted by atomic mass is 10.1. The molecule has 5 heteroatoms. The number of rotatable bonds is 4. The van der Waals surface area contributed by atoms with E-state index in [2.05, 4.69) is 24.1 Å². The van der Waals surface area contributed by atoms with E-state index in [1.165, 1.54) is 0 Å². The molecule has 114 valence electrons. The van der Waals surface area contributed by atoms with Crippen LogP contribution in [0.3, 0.4) is 0 Å². The van der Waals surface area contributed by atoms with Gasteiger partial charge in [-0.05, 0) is 32.9 Å². The average Bonchev–Trinajstić information content (AvgIpc) is 2.90. The van der Waals surface area contributed by atoms with Crippen molar-refractivity contribution in [3.8, 4) is 17.0 Å². The molecule has 0 amide bonds. The SMILES string of the molecule is COc1ccccc1-c1cc2nc(C)cc(NC(C)C)n2n1. The van der Waals surface area contributed by atoms with Crippen LogP contribution < -0.4 is 10.1 Å². The third-order valence-electron chi connectivity index (χ3n) is 3.37. The molecule has 0 atom stereocenters. The molecule has 5 nitrogen and oxygen atoms in total. The highest BCUT2D eigenvalue weighted by molar-refractivity contribution is 5.71. The van der Waals surface area contributed by atoms with E-state index in [1.54, 1.807) is 7.11 Å². The van der Waals surface area contributed by atoms with Crippen LogP contribution in [0.25, 0.3) is 16.9 Å². The van der Waals surface area contributed by atoms with Crippen LogP contribution in [0.4, 0.5) is 5.82 Å². The molecular formula is C17H20N4O. The summed E-state index contributed by atoms with van der Waals surface area (Å²) >= 11 is 0. The van der Waals surface area contributed by atoms with Gasteiger partial charge in [0.1, 0.15) is 11.6 Å². The summed E-state index contributed by atoms with van der Waals surface area (Å²) in [6.07, 6.45) is 0. The number of aromatic nitrogens is 3. The van der Waals surface area contributed by atoms with E-state index >= 15 is 0 Å². The van der Waals surface area contributed by atoms with Crippen molar-refractivity contribution in [2.75, 3.05) is 12.4 Å². The van der Waals surface area contributed by atoms with Crippen LogP contribution in [0.15, 0.2) is 36.4 Å². The van der Waals surface area contributed by atoms with Crippen LogP contribution in [-0.4, -0.2) is 27.7 Å². The van der Waals surface area contributed by atoms with Crippen LogP contribution in [0.5, 0.6) is 5.75 Å². The monoisotopic (exact) mass is 296 g/mol. The van der Waals surface area contributed by atoms with E-state index in [0.29, 0.717) is 6.04 Å². The number of para-hydroxylation sites is 1. The summed E-state index contributed by atoms with van der Waals surface area (Å²) in [5, 5.41) is 8.11. The zero-order chi connectivity index (χ0) is 15.7. The number of fused-ring (bicyclic) bond motifs is 1. The summed E-state index contributed by atoms with van der Waals surface area (Å²) in [5.74, 6) is 1.75. The number of methoxy groups -OCH3 is 1. The van der Waals surface area contributed by atoms with Gasteiger partial charge in [0.25, 0.3) is 0 Å². The van der Waals surface area contributed by atoms with Gasteiger partial charge in [-0.2, -0.15) is 9.61 Å². The highest BCUT2D eigenvalue weighted by Gasteiger charge is 2.13. The summed E-state index contributed by atoms with van der Waals surface area (Å²) in [5.41, 5.74) is 3.59. The largest absolute Gasteiger partial charge is 0.496 e. The Kier molecular flexibility index (Phi) is 3.71. The summed E-state index contributed by atoms with van der Waals surface area (Å²) in [6.45, 7) is 6.19. The lowest BCUT2D eigenvalue weighted by Crippen LogP contribution is -2.14. The first-order valence-corrected chi connectivity index (χ1v) is 7.36. The third-order valence-corrected chi connectivity index (χ3v) is 3.37. The van der Waals surface area contributed by atoms with E-state index < -0.39 is 0 Å². The molecule has 1 N–H and O–H groups in total. The van der Waals surface area contributed by atoms with Crippen molar-refractivity contribution in [3.63, 3.8) is 0 Å². The van der Waals surface area contributed by atoms with Gasteiger partial charge in [0.15, 0.2) is 5.65 Å². The van der Waals surface area contributed by atoms with Gasteiger partial charge < -0.3 is 10.1 Å². The minimum atomic E-state index is 0.323. The smallest absolute Gasteiger partial charge is 0.158 e. The number of hydrogen-bond acceptors (Lipinski definition) is 4. The number of aryl methyl sites for hydroxylation is 1. The number of ether oxygens (including phenoxy) is 1. The lowest BCUT2D eigenvalue weighted by Gasteiger charge is -2.11. The van der Waals surface area contributed by atoms with Crippen LogP contribution in [0, 0.1) is 6.92 Å². The van der Waals surface area contributed by atoms with Crippen molar-refractivity contribution < 1.29 is 4.74 Å². The maximum atomic E-state index is 5.43. The second-order valence-electron chi connectivity index (χ2n) is 5.58. The van der Waals surface area contributed by atoms with Crippen LogP contribution in [-0.2, 0) is 0 Å². The highest BCUT2D eigenvalue weighted by Crippen LogP contribution is 2.29. The minimum Gasteiger partial charge on any atom is -0.496 e. The molecular weight excluding hydrogens is 276 g/mol. The van der Waals surface area contributed by atoms with E-state index in [4.69, 9.17) is 9.84 Å². The normalized spacial score (nSPS) is 11.1. The van der Waals surface area contributed by atoms with E-state index in [1.807, 2.05) is 47.8 Å². The first-order valence-electron chi connectivity index (χ1n) is 7.36. The molecule has 3 rings (SSSR count). The minimum absolute atomic E-state index is 0.323. The third kappa shape index (κ3) is 2.62. The molecule has 1 aromatic carbocycles. The van der Waals surface area contributed by atoms with Gasteiger partial charge >= 0.3 is 0 Å². The molecule has 2 heterocycles. The Labute approximate surface area is 130 Å². The maximum Gasteiger partial charge on any atom is 0.158 e. The molecule has 0 aliphatic carbocycles. The van der Waals surface area contributed by atoms with E-state index in [-0.39, 0.29) is 0 Å². The molecule has 0 aliphatic heterocycles. The average molecular weight is 296 g/mol. The first-order chi connectivity index (χ1) is 10.6. The fraction of sp³-hybridized carbons (Fsp3) is 0.294. The standard InChI is InChI=1S/C17H20N4O/c1-11(2)18-16-9-12(3)19-17-10-14(20-21(16)17)13-7-5-6-8-15(13)22-4/h5-11,18H,1-4H3. The maximum absolute atomic E-state index is 5.43. The number of nitrogens with zero attached hydrogens (tertiary/aromatic N) is 3. The Morgan fingerprint density at radius 3 is 2.68 bits per heavy atom. The van der Waals surface area contributed by atoms with Crippen LogP contribution >= 0.6 is 0 Å². The zero-order valence-electron chi connectivity index (χ0n) is 13.3. The molecule has 0 saturated heterocycles. The molecule has 0 radical (unpaired) electrons. The van der Waals surface area contributed by atoms with Gasteiger partial charge in [0.2, 0.25) is 0 Å². The van der Waals surface area contributed by atoms with Crippen molar-refractivity contribution in [2.45, 2.75) is 26.8 Å². The van der Waals surface area contributed by atoms with Gasteiger partial charge in [-0.15, -0.1) is 0 Å². The molecule has 0 aliphatic rings. The fourth-order valence-electron chi connectivity index (χ4n) is 2.49. The Balaban J connectivity index is 2.17. The second kappa shape index (κ2) is 5.67. The molecule has 0 saturated carbocycles. The Bertz CT molecular complexity index is 808. The second-order valence-corrected chi connectivity index (χ2v) is 5.58. The zero-order valence-corrected chi connectivity index (χ0v) is 13.3. The van der Waals surface area contributed by atoms with Crippen molar-refractivity contribution in [1.29, 1.82) is 0 Å². The van der Waals surface area contributed by atoms with Crippen molar-refractivity contribution in [3.05, 3.63) is 42.1 Å². The topological polar surface area (TPSA) is 51.5 Å². The molecule has 0 fully saturated rings. The number of nitrogens with one attached hydrogen (secondary N) is 1. The molecule has 2 aromatic heterocycles. The Hall–Kier alpha value is -2.56. The van der Waals surface area contributed by atoms with Crippen LogP contribution in [0.2, 0.25) is 0 Å². The lowest BCUT2D eigenvalue weighted by molar-refractivity contribution is 0.416. The molecule has 0 unspecified atom stereocenters. The van der Waals surface area contributed by atoms with Crippen molar-refractivity contribution in [2.24, 2.45) is 0 Å². The number of benzene rings is 1. The Morgan fingerprint density at radius 1 is 1.18 bits per heavy atom. The van der Waals surface area contributed by atoms with Gasteiger partial charge in [-0.1, -0.05) is 12.1 Å². The van der Waals surface area contributed by atoms with Gasteiger partial charge in [-0.3, -0.25) is 0 Å². The summed E-state index contributed by atoms with van der Waals surface area (Å²) in [4.78, 5) is 4.56. The molecule has 3 aromatic rings. The summed E-state index contributed by atoms with van der Waals surface area (Å²) in [7, 11) is 1.67. The summed E-state index contributed by atoms with van der Waals surface area (Å²) in [6, 6.07) is 12.2. The van der Waals surface area contributed by atoms with E-state index in [0.717, 1.165) is 34.2 Å². The predicted molar refractivity (Wildman–Crippen MR) is 88.5 cm³/mol. The molecule has 22 heavy (non-hydrogen) atoms. The quantitative estimate of drug-likeness (QED) is 0.800. The van der Waals surface area contributed by atoms with Crippen molar-refractivity contribution >= 4 is 11.5 Å². The summed E-state index contributed by atoms with van der Waals surface area (Å²) < 4.78 is 7.27.